The SMILES string of the molecule is Cc1ccc(O)c(CNCc2ccccc2Br)c1. The van der Waals surface area contributed by atoms with Gasteiger partial charge in [0.15, 0.2) is 0 Å². The molecule has 0 aliphatic heterocycles. The Bertz CT molecular complexity index is 540. The molecule has 18 heavy (non-hydrogen) atoms. The van der Waals surface area contributed by atoms with Crippen molar-refractivity contribution in [2.75, 3.05) is 0 Å². The van der Waals surface area contributed by atoms with E-state index < -0.39 is 0 Å². The first kappa shape index (κ1) is 13.1. The van der Waals surface area contributed by atoms with Crippen LogP contribution in [0.3, 0.4) is 0 Å². The number of hydrogen-bond acceptors (Lipinski definition) is 2. The maximum Gasteiger partial charge on any atom is 0.120 e. The molecule has 0 bridgehead atoms. The van der Waals surface area contributed by atoms with Crippen LogP contribution in [0, 0.1) is 6.92 Å². The van der Waals surface area contributed by atoms with Gasteiger partial charge >= 0.3 is 0 Å². The van der Waals surface area contributed by atoms with E-state index in [0.29, 0.717) is 12.3 Å². The van der Waals surface area contributed by atoms with E-state index in [4.69, 9.17) is 0 Å². The van der Waals surface area contributed by atoms with E-state index in [-0.39, 0.29) is 0 Å². The average molecular weight is 306 g/mol. The summed E-state index contributed by atoms with van der Waals surface area (Å²) < 4.78 is 1.10. The van der Waals surface area contributed by atoms with Crippen LogP contribution in [0.2, 0.25) is 0 Å². The van der Waals surface area contributed by atoms with E-state index in [2.05, 4.69) is 27.3 Å². The Labute approximate surface area is 116 Å². The quantitative estimate of drug-likeness (QED) is 0.901. The molecule has 3 heteroatoms. The summed E-state index contributed by atoms with van der Waals surface area (Å²) in [5.41, 5.74) is 3.30. The number of aromatic hydroxyl groups is 1. The van der Waals surface area contributed by atoms with Crippen molar-refractivity contribution in [3.8, 4) is 5.75 Å². The first-order chi connectivity index (χ1) is 8.66. The van der Waals surface area contributed by atoms with E-state index in [0.717, 1.165) is 22.1 Å². The molecule has 0 unspecified atom stereocenters. The Hall–Kier alpha value is -1.32. The van der Waals surface area contributed by atoms with Crippen molar-refractivity contribution >= 4 is 15.9 Å². The molecule has 0 saturated carbocycles. The lowest BCUT2D eigenvalue weighted by atomic mass is 10.1. The maximum absolute atomic E-state index is 9.74. The molecule has 0 saturated heterocycles. The van der Waals surface area contributed by atoms with Gasteiger partial charge < -0.3 is 10.4 Å². The van der Waals surface area contributed by atoms with Gasteiger partial charge in [0.1, 0.15) is 5.75 Å². The van der Waals surface area contributed by atoms with Crippen LogP contribution in [-0.4, -0.2) is 5.11 Å². The Morgan fingerprint density at radius 1 is 1.06 bits per heavy atom. The standard InChI is InChI=1S/C15H16BrNO/c1-11-6-7-15(18)13(8-11)10-17-9-12-4-2-3-5-14(12)16/h2-8,17-18H,9-10H2,1H3. The summed E-state index contributed by atoms with van der Waals surface area (Å²) in [6.45, 7) is 3.46. The van der Waals surface area contributed by atoms with E-state index in [9.17, 15) is 5.11 Å². The number of rotatable bonds is 4. The highest BCUT2D eigenvalue weighted by Crippen LogP contribution is 2.19. The van der Waals surface area contributed by atoms with Gasteiger partial charge in [0.25, 0.3) is 0 Å². The molecule has 2 aromatic rings. The van der Waals surface area contributed by atoms with Gasteiger partial charge in [0.05, 0.1) is 0 Å². The molecular formula is C15H16BrNO. The number of phenolic OH excluding ortho intramolecular Hbond substituents is 1. The highest BCUT2D eigenvalue weighted by Gasteiger charge is 2.02. The molecule has 0 aliphatic carbocycles. The van der Waals surface area contributed by atoms with E-state index >= 15 is 0 Å². The molecule has 2 N–H and O–H groups in total. The summed E-state index contributed by atoms with van der Waals surface area (Å²) in [5.74, 6) is 0.347. The largest absolute Gasteiger partial charge is 0.508 e. The molecule has 2 nitrogen and oxygen atoms in total. The fraction of sp³-hybridized carbons (Fsp3) is 0.200. The van der Waals surface area contributed by atoms with Gasteiger partial charge in [-0.2, -0.15) is 0 Å². The monoisotopic (exact) mass is 305 g/mol. The lowest BCUT2D eigenvalue weighted by Crippen LogP contribution is -2.13. The van der Waals surface area contributed by atoms with Crippen LogP contribution in [0.4, 0.5) is 0 Å². The van der Waals surface area contributed by atoms with Crippen molar-refractivity contribution in [1.82, 2.24) is 5.32 Å². The number of hydrogen-bond donors (Lipinski definition) is 2. The first-order valence-corrected chi connectivity index (χ1v) is 6.69. The lowest BCUT2D eigenvalue weighted by molar-refractivity contribution is 0.464. The normalized spacial score (nSPS) is 10.6. The van der Waals surface area contributed by atoms with Crippen molar-refractivity contribution < 1.29 is 5.11 Å². The summed E-state index contributed by atoms with van der Waals surface area (Å²) in [4.78, 5) is 0. The van der Waals surface area contributed by atoms with Crippen molar-refractivity contribution in [2.24, 2.45) is 0 Å². The van der Waals surface area contributed by atoms with Crippen LogP contribution in [0.5, 0.6) is 5.75 Å². The Balaban J connectivity index is 1.96. The molecule has 0 atom stereocenters. The molecule has 0 amide bonds. The summed E-state index contributed by atoms with van der Waals surface area (Å²) in [6.07, 6.45) is 0. The van der Waals surface area contributed by atoms with Crippen LogP contribution < -0.4 is 5.32 Å². The Kier molecular flexibility index (Phi) is 4.39. The minimum atomic E-state index is 0.347. The predicted octanol–water partition coefficient (Wildman–Crippen LogP) is 3.75. The second-order valence-corrected chi connectivity index (χ2v) is 5.18. The molecule has 2 aromatic carbocycles. The Morgan fingerprint density at radius 2 is 1.78 bits per heavy atom. The highest BCUT2D eigenvalue weighted by atomic mass is 79.9. The second kappa shape index (κ2) is 6.03. The first-order valence-electron chi connectivity index (χ1n) is 5.89. The van der Waals surface area contributed by atoms with Crippen LogP contribution in [0.1, 0.15) is 16.7 Å². The maximum atomic E-state index is 9.74. The highest BCUT2D eigenvalue weighted by molar-refractivity contribution is 9.10. The zero-order valence-corrected chi connectivity index (χ0v) is 11.9. The van der Waals surface area contributed by atoms with Crippen molar-refractivity contribution in [1.29, 1.82) is 0 Å². The predicted molar refractivity (Wildman–Crippen MR) is 77.5 cm³/mol. The van der Waals surface area contributed by atoms with Gasteiger partial charge in [-0.05, 0) is 24.6 Å². The van der Waals surface area contributed by atoms with E-state index in [1.54, 1.807) is 6.07 Å². The third-order valence-electron chi connectivity index (χ3n) is 2.82. The number of benzene rings is 2. The molecule has 0 spiro atoms. The van der Waals surface area contributed by atoms with Crippen molar-refractivity contribution in [2.45, 2.75) is 20.0 Å². The molecular weight excluding hydrogens is 290 g/mol. The minimum absolute atomic E-state index is 0.347. The fourth-order valence-electron chi connectivity index (χ4n) is 1.83. The average Bonchev–Trinajstić information content (AvgIpc) is 2.36. The van der Waals surface area contributed by atoms with Gasteiger partial charge in [-0.25, -0.2) is 0 Å². The van der Waals surface area contributed by atoms with Crippen LogP contribution in [0.25, 0.3) is 0 Å². The van der Waals surface area contributed by atoms with Crippen LogP contribution in [-0.2, 0) is 13.1 Å². The molecule has 0 fully saturated rings. The molecule has 2 rings (SSSR count). The number of phenols is 1. The second-order valence-electron chi connectivity index (χ2n) is 4.33. The smallest absolute Gasteiger partial charge is 0.120 e. The van der Waals surface area contributed by atoms with Crippen LogP contribution >= 0.6 is 15.9 Å². The van der Waals surface area contributed by atoms with E-state index in [1.807, 2.05) is 37.3 Å². The van der Waals surface area contributed by atoms with Gasteiger partial charge in [-0.3, -0.25) is 0 Å². The van der Waals surface area contributed by atoms with Gasteiger partial charge in [0, 0.05) is 23.1 Å². The molecule has 0 heterocycles. The van der Waals surface area contributed by atoms with Gasteiger partial charge in [0.2, 0.25) is 0 Å². The number of halogens is 1. The molecule has 0 aromatic heterocycles. The zero-order chi connectivity index (χ0) is 13.0. The molecule has 0 radical (unpaired) electrons. The van der Waals surface area contributed by atoms with Crippen molar-refractivity contribution in [3.63, 3.8) is 0 Å². The Morgan fingerprint density at radius 3 is 2.56 bits per heavy atom. The van der Waals surface area contributed by atoms with Crippen molar-refractivity contribution in [3.05, 3.63) is 63.6 Å². The lowest BCUT2D eigenvalue weighted by Gasteiger charge is -2.09. The summed E-state index contributed by atoms with van der Waals surface area (Å²) in [6, 6.07) is 13.8. The molecule has 0 aliphatic rings. The van der Waals surface area contributed by atoms with Crippen LogP contribution in [0.15, 0.2) is 46.9 Å². The fourth-order valence-corrected chi connectivity index (χ4v) is 2.25. The minimum Gasteiger partial charge on any atom is -0.508 e. The molecule has 94 valence electrons. The van der Waals surface area contributed by atoms with Gasteiger partial charge in [-0.1, -0.05) is 51.8 Å². The number of nitrogens with one attached hydrogen (secondary N) is 1. The van der Waals surface area contributed by atoms with E-state index in [1.165, 1.54) is 5.56 Å². The summed E-state index contributed by atoms with van der Waals surface area (Å²) in [5, 5.41) is 13.1. The van der Waals surface area contributed by atoms with Gasteiger partial charge in [-0.15, -0.1) is 0 Å². The zero-order valence-electron chi connectivity index (χ0n) is 10.3. The summed E-state index contributed by atoms with van der Waals surface area (Å²) >= 11 is 3.52. The summed E-state index contributed by atoms with van der Waals surface area (Å²) in [7, 11) is 0. The topological polar surface area (TPSA) is 32.3 Å². The number of aryl methyl sites for hydroxylation is 1. The third-order valence-corrected chi connectivity index (χ3v) is 3.60. The third kappa shape index (κ3) is 3.34.